The van der Waals surface area contributed by atoms with E-state index in [-0.39, 0.29) is 0 Å². The maximum atomic E-state index is 11.7. The summed E-state index contributed by atoms with van der Waals surface area (Å²) in [5, 5.41) is 10.5. The summed E-state index contributed by atoms with van der Waals surface area (Å²) in [6.07, 6.45) is 1.71. The maximum Gasteiger partial charge on any atom is 0.315 e. The molecule has 2 aromatic carbocycles. The molecule has 1 aromatic heterocycles. The van der Waals surface area contributed by atoms with Gasteiger partial charge in [-0.15, -0.1) is 0 Å². The van der Waals surface area contributed by atoms with Crippen molar-refractivity contribution in [1.82, 2.24) is 9.55 Å². The number of hydrogen-bond donors (Lipinski definition) is 1. The van der Waals surface area contributed by atoms with Crippen LogP contribution in [-0.4, -0.2) is 20.6 Å². The molecule has 0 saturated carbocycles. The number of carbonyl (C=O) groups is 1. The highest BCUT2D eigenvalue weighted by atomic mass is 79.9. The van der Waals surface area contributed by atoms with E-state index in [9.17, 15) is 9.90 Å². The van der Waals surface area contributed by atoms with Crippen LogP contribution in [0.4, 0.5) is 0 Å². The normalized spacial score (nSPS) is 11.6. The number of imidazole rings is 1. The van der Waals surface area contributed by atoms with Crippen LogP contribution < -0.4 is 0 Å². The van der Waals surface area contributed by atoms with Crippen molar-refractivity contribution in [2.45, 2.75) is 19.3 Å². The molecule has 7 heteroatoms. The van der Waals surface area contributed by atoms with Gasteiger partial charge in [0.15, 0.2) is 0 Å². The van der Waals surface area contributed by atoms with Crippen molar-refractivity contribution in [2.75, 3.05) is 0 Å². The number of aliphatic carboxylic acids is 1. The Kier molecular flexibility index (Phi) is 5.15. The summed E-state index contributed by atoms with van der Waals surface area (Å²) in [6.45, 7) is 3.23. The third kappa shape index (κ3) is 3.39. The fraction of sp³-hybridized carbons (Fsp3) is 0.158. The van der Waals surface area contributed by atoms with Crippen molar-refractivity contribution in [3.8, 4) is 17.1 Å². The van der Waals surface area contributed by atoms with Crippen molar-refractivity contribution in [3.63, 3.8) is 0 Å². The molecule has 1 heterocycles. The Morgan fingerprint density at radius 2 is 1.69 bits per heavy atom. The molecule has 0 unspecified atom stereocenters. The minimum Gasteiger partial charge on any atom is -0.481 e. The van der Waals surface area contributed by atoms with Crippen LogP contribution in [0, 0.1) is 0 Å². The summed E-state index contributed by atoms with van der Waals surface area (Å²) in [5.41, 5.74) is 0.632. The fourth-order valence-corrected chi connectivity index (χ4v) is 3.31. The number of carboxylic acids is 1. The van der Waals surface area contributed by atoms with Gasteiger partial charge in [0, 0.05) is 16.4 Å². The Hall–Kier alpha value is -1.82. The number of aromatic nitrogens is 2. The van der Waals surface area contributed by atoms with Crippen molar-refractivity contribution in [1.29, 1.82) is 0 Å². The van der Waals surface area contributed by atoms with Crippen molar-refractivity contribution < 1.29 is 9.90 Å². The highest BCUT2D eigenvalue weighted by Crippen LogP contribution is 2.37. The molecular weight excluding hydrogens is 439 g/mol. The van der Waals surface area contributed by atoms with Crippen LogP contribution in [0.5, 0.6) is 0 Å². The third-order valence-corrected chi connectivity index (χ3v) is 5.33. The second kappa shape index (κ2) is 7.06. The van der Waals surface area contributed by atoms with Gasteiger partial charge in [-0.2, -0.15) is 0 Å². The van der Waals surface area contributed by atoms with Gasteiger partial charge in [0.1, 0.15) is 11.2 Å². The quantitative estimate of drug-likeness (QED) is 0.529. The van der Waals surface area contributed by atoms with Gasteiger partial charge < -0.3 is 5.11 Å². The maximum absolute atomic E-state index is 11.7. The van der Waals surface area contributed by atoms with Gasteiger partial charge in [0.25, 0.3) is 0 Å². The molecule has 134 valence electrons. The lowest BCUT2D eigenvalue weighted by molar-refractivity contribution is -0.142. The molecule has 26 heavy (non-hydrogen) atoms. The molecule has 3 aromatic rings. The van der Waals surface area contributed by atoms with Gasteiger partial charge >= 0.3 is 5.97 Å². The van der Waals surface area contributed by atoms with Gasteiger partial charge in [-0.1, -0.05) is 45.2 Å². The van der Waals surface area contributed by atoms with Crippen LogP contribution in [0.1, 0.15) is 19.5 Å². The molecule has 0 aliphatic heterocycles. The van der Waals surface area contributed by atoms with Crippen LogP contribution in [0.3, 0.4) is 0 Å². The zero-order valence-corrected chi connectivity index (χ0v) is 17.1. The zero-order valence-electron chi connectivity index (χ0n) is 14.0. The highest BCUT2D eigenvalue weighted by molar-refractivity contribution is 9.10. The Balaban J connectivity index is 2.30. The summed E-state index contributed by atoms with van der Waals surface area (Å²) in [4.78, 5) is 16.3. The van der Waals surface area contributed by atoms with Crippen LogP contribution in [-0.2, 0) is 10.2 Å². The minimum atomic E-state index is -1.16. The minimum absolute atomic E-state index is 0.416. The van der Waals surface area contributed by atoms with Crippen molar-refractivity contribution in [2.24, 2.45) is 0 Å². The second-order valence-corrected chi connectivity index (χ2v) is 8.05. The summed E-state index contributed by atoms with van der Waals surface area (Å²) in [6, 6.07) is 12.8. The lowest BCUT2D eigenvalue weighted by Gasteiger charge is -2.15. The second-order valence-electron chi connectivity index (χ2n) is 6.32. The molecule has 0 amide bonds. The van der Waals surface area contributed by atoms with E-state index in [1.165, 1.54) is 0 Å². The van der Waals surface area contributed by atoms with Crippen LogP contribution in [0.2, 0.25) is 10.0 Å². The molecule has 0 aliphatic carbocycles. The Labute approximate surface area is 169 Å². The molecule has 1 N–H and O–H groups in total. The number of benzene rings is 2. The Bertz CT molecular complexity index is 961. The van der Waals surface area contributed by atoms with E-state index in [1.807, 2.05) is 24.3 Å². The van der Waals surface area contributed by atoms with E-state index in [4.69, 9.17) is 23.2 Å². The molecule has 3 rings (SSSR count). The smallest absolute Gasteiger partial charge is 0.315 e. The van der Waals surface area contributed by atoms with E-state index in [2.05, 4.69) is 20.9 Å². The molecule has 4 nitrogen and oxygen atoms in total. The van der Waals surface area contributed by atoms with Crippen LogP contribution in [0.15, 0.2) is 53.1 Å². The lowest BCUT2D eigenvalue weighted by Crippen LogP contribution is -2.28. The number of hydrogen-bond acceptors (Lipinski definition) is 2. The van der Waals surface area contributed by atoms with Gasteiger partial charge in [-0.3, -0.25) is 9.36 Å². The molecule has 0 saturated heterocycles. The largest absolute Gasteiger partial charge is 0.481 e. The molecule has 0 aliphatic rings. The Morgan fingerprint density at radius 3 is 2.23 bits per heavy atom. The molecule has 0 atom stereocenters. The third-order valence-electron chi connectivity index (χ3n) is 4.17. The average molecular weight is 454 g/mol. The standard InChI is InChI=1S/C19H15BrCl2N2O2/c1-19(2,18(25)26)15-10-24(12-8-6-11(20)7-9-12)17(23-15)16-13(21)4-3-5-14(16)22/h3-10H,1-2H3,(H,25,26). The molecule has 0 spiro atoms. The predicted molar refractivity (Wildman–Crippen MR) is 107 cm³/mol. The van der Waals surface area contributed by atoms with Crippen molar-refractivity contribution in [3.05, 3.63) is 68.9 Å². The molecule has 0 radical (unpaired) electrons. The van der Waals surface area contributed by atoms with Crippen molar-refractivity contribution >= 4 is 45.1 Å². The van der Waals surface area contributed by atoms with E-state index in [1.54, 1.807) is 42.8 Å². The molecular formula is C19H15BrCl2N2O2. The monoisotopic (exact) mass is 452 g/mol. The first-order chi connectivity index (χ1) is 12.2. The summed E-state index contributed by atoms with van der Waals surface area (Å²) in [7, 11) is 0. The zero-order chi connectivity index (χ0) is 19.1. The number of nitrogens with zero attached hydrogens (tertiary/aromatic N) is 2. The Morgan fingerprint density at radius 1 is 1.12 bits per heavy atom. The number of halogens is 3. The van der Waals surface area contributed by atoms with Crippen LogP contribution >= 0.6 is 39.1 Å². The predicted octanol–water partition coefficient (Wildman–Crippen LogP) is 5.97. The SMILES string of the molecule is CC(C)(C(=O)O)c1cn(-c2ccc(Br)cc2)c(-c2c(Cl)cccc2Cl)n1. The fourth-order valence-electron chi connectivity index (χ4n) is 2.48. The van der Waals surface area contributed by atoms with E-state index in [0.717, 1.165) is 10.2 Å². The van der Waals surface area contributed by atoms with E-state index >= 15 is 0 Å². The average Bonchev–Trinajstić information content (AvgIpc) is 3.01. The van der Waals surface area contributed by atoms with Gasteiger partial charge in [-0.25, -0.2) is 4.98 Å². The van der Waals surface area contributed by atoms with Gasteiger partial charge in [0.05, 0.1) is 21.3 Å². The van der Waals surface area contributed by atoms with Gasteiger partial charge in [-0.05, 0) is 50.2 Å². The number of carboxylic acid groups (broad SMARTS) is 1. The lowest BCUT2D eigenvalue weighted by atomic mass is 9.90. The first kappa shape index (κ1) is 19.0. The highest BCUT2D eigenvalue weighted by Gasteiger charge is 2.34. The summed E-state index contributed by atoms with van der Waals surface area (Å²) < 4.78 is 2.74. The first-order valence-corrected chi connectivity index (χ1v) is 9.30. The van der Waals surface area contributed by atoms with E-state index in [0.29, 0.717) is 27.1 Å². The summed E-state index contributed by atoms with van der Waals surface area (Å²) >= 11 is 16.2. The first-order valence-electron chi connectivity index (χ1n) is 7.75. The molecule has 0 fully saturated rings. The van der Waals surface area contributed by atoms with Gasteiger partial charge in [0.2, 0.25) is 0 Å². The van der Waals surface area contributed by atoms with E-state index < -0.39 is 11.4 Å². The topological polar surface area (TPSA) is 55.1 Å². The summed E-state index contributed by atoms with van der Waals surface area (Å²) in [5.74, 6) is -0.470. The molecule has 0 bridgehead atoms. The van der Waals surface area contributed by atoms with Crippen LogP contribution in [0.25, 0.3) is 17.1 Å². The number of rotatable bonds is 4.